The minimum absolute atomic E-state index is 0.0820. The van der Waals surface area contributed by atoms with Crippen molar-refractivity contribution in [2.24, 2.45) is 17.8 Å². The first-order valence-corrected chi connectivity index (χ1v) is 7.85. The highest BCUT2D eigenvalue weighted by atomic mass is 16.6. The van der Waals surface area contributed by atoms with Crippen LogP contribution in [0.15, 0.2) is 12.2 Å². The molecule has 0 aliphatic heterocycles. The zero-order valence-corrected chi connectivity index (χ0v) is 13.6. The molecule has 0 spiro atoms. The van der Waals surface area contributed by atoms with Crippen molar-refractivity contribution in [3.05, 3.63) is 12.2 Å². The van der Waals surface area contributed by atoms with Gasteiger partial charge in [-0.1, -0.05) is 6.58 Å². The average Bonchev–Trinajstić information content (AvgIpc) is 2.92. The number of ketones is 1. The van der Waals surface area contributed by atoms with E-state index in [4.69, 9.17) is 4.74 Å². The van der Waals surface area contributed by atoms with Gasteiger partial charge in [-0.3, -0.25) is 4.79 Å². The first-order chi connectivity index (χ1) is 9.65. The zero-order valence-electron chi connectivity index (χ0n) is 13.6. The fourth-order valence-electron chi connectivity index (χ4n) is 3.34. The third-order valence-electron chi connectivity index (χ3n) is 4.34. The molecular weight excluding hydrogens is 266 g/mol. The molecule has 2 aliphatic rings. The molecule has 0 aromatic heterocycles. The van der Waals surface area contributed by atoms with E-state index >= 15 is 0 Å². The summed E-state index contributed by atoms with van der Waals surface area (Å²) in [5, 5.41) is 2.74. The number of fused-ring (bicyclic) bond motifs is 1. The molecule has 4 heteroatoms. The van der Waals surface area contributed by atoms with Gasteiger partial charge in [0.1, 0.15) is 5.60 Å². The van der Waals surface area contributed by atoms with Crippen LogP contribution in [-0.2, 0) is 9.53 Å². The average molecular weight is 293 g/mol. The molecule has 0 bridgehead atoms. The van der Waals surface area contributed by atoms with Crippen LogP contribution in [-0.4, -0.2) is 23.5 Å². The molecule has 1 amide bonds. The number of hydrogen-bond acceptors (Lipinski definition) is 3. The second-order valence-electron chi connectivity index (χ2n) is 7.67. The maximum Gasteiger partial charge on any atom is 0.408 e. The van der Waals surface area contributed by atoms with Crippen molar-refractivity contribution in [1.82, 2.24) is 5.32 Å². The summed E-state index contributed by atoms with van der Waals surface area (Å²) in [6.07, 6.45) is 3.93. The molecule has 0 heterocycles. The van der Waals surface area contributed by atoms with Gasteiger partial charge in [0, 0.05) is 0 Å². The van der Waals surface area contributed by atoms with Crippen LogP contribution < -0.4 is 5.32 Å². The van der Waals surface area contributed by atoms with Crippen LogP contribution >= 0.6 is 0 Å². The first-order valence-electron chi connectivity index (χ1n) is 7.85. The van der Waals surface area contributed by atoms with E-state index < -0.39 is 17.7 Å². The molecule has 2 aliphatic carbocycles. The normalized spacial score (nSPS) is 28.5. The third kappa shape index (κ3) is 4.58. The summed E-state index contributed by atoms with van der Waals surface area (Å²) in [5.74, 6) is 2.20. The molecule has 0 radical (unpaired) electrons. The summed E-state index contributed by atoms with van der Waals surface area (Å²) in [5.41, 5.74) is -0.0742. The van der Waals surface area contributed by atoms with Crippen molar-refractivity contribution in [2.45, 2.75) is 65.0 Å². The minimum Gasteiger partial charge on any atom is -0.444 e. The highest BCUT2D eigenvalue weighted by Gasteiger charge is 2.46. The van der Waals surface area contributed by atoms with Crippen molar-refractivity contribution < 1.29 is 14.3 Å². The van der Waals surface area contributed by atoms with E-state index in [-0.39, 0.29) is 5.78 Å². The lowest BCUT2D eigenvalue weighted by Crippen LogP contribution is -2.44. The van der Waals surface area contributed by atoms with E-state index in [0.29, 0.717) is 17.9 Å². The van der Waals surface area contributed by atoms with Gasteiger partial charge < -0.3 is 10.1 Å². The van der Waals surface area contributed by atoms with Gasteiger partial charge in [0.15, 0.2) is 5.78 Å². The Morgan fingerprint density at radius 3 is 2.29 bits per heavy atom. The van der Waals surface area contributed by atoms with Gasteiger partial charge in [-0.05, 0) is 76.7 Å². The number of hydrogen-bond donors (Lipinski definition) is 1. The predicted molar refractivity (Wildman–Crippen MR) is 81.9 cm³/mol. The monoisotopic (exact) mass is 293 g/mol. The molecule has 0 aromatic carbocycles. The molecule has 1 N–H and O–H groups in total. The van der Waals surface area contributed by atoms with Crippen LogP contribution in [0.1, 0.15) is 53.4 Å². The maximum atomic E-state index is 12.3. The van der Waals surface area contributed by atoms with Crippen LogP contribution in [0.3, 0.4) is 0 Å². The van der Waals surface area contributed by atoms with Crippen LogP contribution in [0.25, 0.3) is 0 Å². The van der Waals surface area contributed by atoms with E-state index in [1.54, 1.807) is 6.92 Å². The highest BCUT2D eigenvalue weighted by Crippen LogP contribution is 2.55. The Morgan fingerprint density at radius 2 is 1.81 bits per heavy atom. The lowest BCUT2D eigenvalue weighted by Gasteiger charge is -2.25. The third-order valence-corrected chi connectivity index (χ3v) is 4.34. The molecular formula is C17H27NO3. The summed E-state index contributed by atoms with van der Waals surface area (Å²) >= 11 is 0. The number of carbonyl (C=O) groups is 2. The number of Topliss-reactive ketones (excluding diaryl/α,β-unsaturated/α-hetero) is 1. The highest BCUT2D eigenvalue weighted by molar-refractivity contribution is 5.99. The maximum absolute atomic E-state index is 12.3. The molecule has 2 unspecified atom stereocenters. The Balaban J connectivity index is 1.93. The summed E-state index contributed by atoms with van der Waals surface area (Å²) in [7, 11) is 0. The Hall–Kier alpha value is -1.32. The summed E-state index contributed by atoms with van der Waals surface area (Å²) in [4.78, 5) is 24.2. The molecule has 21 heavy (non-hydrogen) atoms. The number of amides is 1. The van der Waals surface area contributed by atoms with E-state index in [1.165, 1.54) is 19.3 Å². The first kappa shape index (κ1) is 16.1. The Kier molecular flexibility index (Phi) is 4.45. The number of nitrogens with one attached hydrogen (secondary N) is 1. The smallest absolute Gasteiger partial charge is 0.408 e. The molecule has 2 fully saturated rings. The lowest BCUT2D eigenvalue weighted by molar-refractivity contribution is -0.117. The van der Waals surface area contributed by atoms with Crippen molar-refractivity contribution in [3.63, 3.8) is 0 Å². The SMILES string of the molecule is C=C(C)C(=O)[C@H](CC1CC2C[C@H]2C1)NC(=O)OC(C)(C)C. The predicted octanol–water partition coefficient (Wildman–Crippen LogP) is 3.46. The van der Waals surface area contributed by atoms with Gasteiger partial charge in [-0.25, -0.2) is 4.79 Å². The van der Waals surface area contributed by atoms with Crippen LogP contribution in [0.2, 0.25) is 0 Å². The number of carbonyl (C=O) groups excluding carboxylic acids is 2. The van der Waals surface area contributed by atoms with E-state index in [1.807, 2.05) is 20.8 Å². The van der Waals surface area contributed by atoms with Crippen LogP contribution in [0.4, 0.5) is 4.79 Å². The molecule has 0 saturated heterocycles. The minimum atomic E-state index is -0.560. The van der Waals surface area contributed by atoms with E-state index in [0.717, 1.165) is 11.8 Å². The molecule has 2 saturated carbocycles. The van der Waals surface area contributed by atoms with Gasteiger partial charge in [0.25, 0.3) is 0 Å². The number of rotatable bonds is 5. The zero-order chi connectivity index (χ0) is 15.8. The standard InChI is InChI=1S/C17H27NO3/c1-10(2)15(19)14(18-16(20)21-17(3,4)5)8-11-6-12-9-13(12)7-11/h11-14H,1,6-9H2,2-5H3,(H,18,20)/t11?,12-,13?,14+/m1/s1. The quantitative estimate of drug-likeness (QED) is 0.790. The molecule has 0 aromatic rings. The fourth-order valence-corrected chi connectivity index (χ4v) is 3.34. The van der Waals surface area contributed by atoms with Gasteiger partial charge >= 0.3 is 6.09 Å². The van der Waals surface area contributed by atoms with Gasteiger partial charge in [0.05, 0.1) is 6.04 Å². The second kappa shape index (κ2) is 5.82. The van der Waals surface area contributed by atoms with Gasteiger partial charge in [0.2, 0.25) is 0 Å². The Bertz CT molecular complexity index is 439. The van der Waals surface area contributed by atoms with Gasteiger partial charge in [-0.15, -0.1) is 0 Å². The van der Waals surface area contributed by atoms with Crippen molar-refractivity contribution >= 4 is 11.9 Å². The van der Waals surface area contributed by atoms with Crippen molar-refractivity contribution in [1.29, 1.82) is 0 Å². The largest absolute Gasteiger partial charge is 0.444 e. The number of ether oxygens (including phenoxy) is 1. The number of alkyl carbamates (subject to hydrolysis) is 1. The molecule has 4 atom stereocenters. The second-order valence-corrected chi connectivity index (χ2v) is 7.67. The molecule has 2 rings (SSSR count). The van der Waals surface area contributed by atoms with Crippen LogP contribution in [0.5, 0.6) is 0 Å². The van der Waals surface area contributed by atoms with E-state index in [2.05, 4.69) is 11.9 Å². The van der Waals surface area contributed by atoms with Crippen molar-refractivity contribution in [3.8, 4) is 0 Å². The van der Waals surface area contributed by atoms with Crippen LogP contribution in [0, 0.1) is 17.8 Å². The van der Waals surface area contributed by atoms with E-state index in [9.17, 15) is 9.59 Å². The van der Waals surface area contributed by atoms with Gasteiger partial charge in [-0.2, -0.15) is 0 Å². The fraction of sp³-hybridized carbons (Fsp3) is 0.765. The molecule has 118 valence electrons. The summed E-state index contributed by atoms with van der Waals surface area (Å²) < 4.78 is 5.26. The Morgan fingerprint density at radius 1 is 1.24 bits per heavy atom. The lowest BCUT2D eigenvalue weighted by atomic mass is 9.91. The summed E-state index contributed by atoms with van der Waals surface area (Å²) in [6, 6.07) is -0.500. The topological polar surface area (TPSA) is 55.4 Å². The Labute approximate surface area is 127 Å². The molecule has 4 nitrogen and oxygen atoms in total. The van der Waals surface area contributed by atoms with Crippen molar-refractivity contribution in [2.75, 3.05) is 0 Å². The summed E-state index contributed by atoms with van der Waals surface area (Å²) in [6.45, 7) is 10.8.